The van der Waals surface area contributed by atoms with E-state index in [4.69, 9.17) is 11.2 Å². The van der Waals surface area contributed by atoms with Gasteiger partial charge in [-0.25, -0.2) is 4.39 Å². The van der Waals surface area contributed by atoms with Crippen molar-refractivity contribution in [2.24, 2.45) is 0 Å². The molecule has 0 N–H and O–H groups in total. The molecule has 0 radical (unpaired) electrons. The van der Waals surface area contributed by atoms with E-state index in [0.717, 1.165) is 19.3 Å². The predicted molar refractivity (Wildman–Crippen MR) is 74.4 cm³/mol. The van der Waals surface area contributed by atoms with Crippen molar-refractivity contribution >= 4 is 11.8 Å². The molecule has 0 saturated carbocycles. The molecule has 0 unspecified atom stereocenters. The molecule has 0 amide bonds. The molecule has 0 spiro atoms. The molecular formula is C15H17FOS. The first kappa shape index (κ1) is 13.3. The van der Waals surface area contributed by atoms with E-state index in [0.29, 0.717) is 17.6 Å². The zero-order valence-corrected chi connectivity index (χ0v) is 11.3. The summed E-state index contributed by atoms with van der Waals surface area (Å²) in [6, 6.07) is 6.14. The molecule has 18 heavy (non-hydrogen) atoms. The van der Waals surface area contributed by atoms with Gasteiger partial charge in [0.05, 0.1) is 4.75 Å². The molecule has 0 bridgehead atoms. The molecule has 1 nitrogen and oxygen atoms in total. The number of hydrogen-bond acceptors (Lipinski definition) is 2. The molecular weight excluding hydrogens is 247 g/mol. The van der Waals surface area contributed by atoms with Crippen molar-refractivity contribution in [3.05, 3.63) is 30.1 Å². The van der Waals surface area contributed by atoms with Crippen molar-refractivity contribution in [1.82, 2.24) is 0 Å². The second-order valence-electron chi connectivity index (χ2n) is 4.77. The summed E-state index contributed by atoms with van der Waals surface area (Å²) >= 11 is 1.82. The Morgan fingerprint density at radius 1 is 1.50 bits per heavy atom. The monoisotopic (exact) mass is 264 g/mol. The van der Waals surface area contributed by atoms with E-state index in [1.54, 1.807) is 12.1 Å². The van der Waals surface area contributed by atoms with Crippen LogP contribution in [0.4, 0.5) is 4.39 Å². The fourth-order valence-corrected chi connectivity index (χ4v) is 3.58. The Kier molecular flexibility index (Phi) is 4.19. The van der Waals surface area contributed by atoms with E-state index in [1.165, 1.54) is 12.1 Å². The minimum atomic E-state index is -0.241. The normalized spacial score (nSPS) is 27.5. The summed E-state index contributed by atoms with van der Waals surface area (Å²) < 4.78 is 18.4. The Bertz CT molecular complexity index is 437. The van der Waals surface area contributed by atoms with E-state index in [-0.39, 0.29) is 10.6 Å². The van der Waals surface area contributed by atoms with Crippen molar-refractivity contribution in [2.75, 3.05) is 6.61 Å². The van der Waals surface area contributed by atoms with Crippen LogP contribution in [0.25, 0.3) is 0 Å². The minimum Gasteiger partial charge on any atom is -0.492 e. The molecule has 1 aromatic carbocycles. The summed E-state index contributed by atoms with van der Waals surface area (Å²) in [4.78, 5) is 0. The second-order valence-corrected chi connectivity index (χ2v) is 6.58. The molecule has 1 aromatic rings. The molecule has 1 saturated heterocycles. The van der Waals surface area contributed by atoms with Gasteiger partial charge in [-0.3, -0.25) is 0 Å². The van der Waals surface area contributed by atoms with Gasteiger partial charge in [0.1, 0.15) is 18.2 Å². The summed E-state index contributed by atoms with van der Waals surface area (Å²) in [6.07, 6.45) is 8.91. The predicted octanol–water partition coefficient (Wildman–Crippen LogP) is 3.88. The van der Waals surface area contributed by atoms with Crippen LogP contribution >= 0.6 is 11.8 Å². The summed E-state index contributed by atoms with van der Waals surface area (Å²) in [5.41, 5.74) is 0. The molecule has 1 fully saturated rings. The molecule has 96 valence electrons. The lowest BCUT2D eigenvalue weighted by Crippen LogP contribution is -2.30. The molecule has 3 heteroatoms. The van der Waals surface area contributed by atoms with Crippen molar-refractivity contribution in [1.29, 1.82) is 0 Å². The Morgan fingerprint density at radius 3 is 2.89 bits per heavy atom. The van der Waals surface area contributed by atoms with Gasteiger partial charge in [-0.15, -0.1) is 18.2 Å². The highest BCUT2D eigenvalue weighted by atomic mass is 32.2. The zero-order valence-electron chi connectivity index (χ0n) is 10.5. The summed E-state index contributed by atoms with van der Waals surface area (Å²) in [6.45, 7) is 2.75. The summed E-state index contributed by atoms with van der Waals surface area (Å²) in [7, 11) is 0. The quantitative estimate of drug-likeness (QED) is 0.766. The highest BCUT2D eigenvalue weighted by Crippen LogP contribution is 2.40. The first-order chi connectivity index (χ1) is 8.61. The average Bonchev–Trinajstić information content (AvgIpc) is 2.38. The van der Waals surface area contributed by atoms with Gasteiger partial charge in [0.15, 0.2) is 0 Å². The lowest BCUT2D eigenvalue weighted by molar-refractivity contribution is 0.305. The highest BCUT2D eigenvalue weighted by molar-refractivity contribution is 8.01. The van der Waals surface area contributed by atoms with Crippen LogP contribution in [-0.2, 0) is 0 Å². The Hall–Kier alpha value is -1.14. The number of thioether (sulfide) groups is 1. The lowest BCUT2D eigenvalue weighted by atomic mass is 10.0. The van der Waals surface area contributed by atoms with Crippen LogP contribution < -0.4 is 4.74 Å². The third-order valence-corrected chi connectivity index (χ3v) is 4.71. The summed E-state index contributed by atoms with van der Waals surface area (Å²) in [5, 5.41) is 0.421. The average molecular weight is 264 g/mol. The van der Waals surface area contributed by atoms with Crippen molar-refractivity contribution in [2.45, 2.75) is 36.2 Å². The largest absolute Gasteiger partial charge is 0.492 e. The summed E-state index contributed by atoms with van der Waals surface area (Å²) in [5.74, 6) is 3.35. The maximum absolute atomic E-state index is 12.7. The number of terminal acetylenes is 1. The number of rotatable bonds is 3. The third-order valence-electron chi connectivity index (χ3n) is 3.16. The van der Waals surface area contributed by atoms with Gasteiger partial charge < -0.3 is 4.74 Å². The smallest absolute Gasteiger partial charge is 0.123 e. The van der Waals surface area contributed by atoms with Crippen LogP contribution in [0, 0.1) is 18.2 Å². The number of halogens is 1. The van der Waals surface area contributed by atoms with E-state index < -0.39 is 0 Å². The Labute approximate surface area is 112 Å². The minimum absolute atomic E-state index is 0.0604. The Morgan fingerprint density at radius 2 is 2.22 bits per heavy atom. The maximum atomic E-state index is 12.7. The van der Waals surface area contributed by atoms with E-state index >= 15 is 0 Å². The van der Waals surface area contributed by atoms with Gasteiger partial charge >= 0.3 is 0 Å². The van der Waals surface area contributed by atoms with Crippen molar-refractivity contribution in [3.63, 3.8) is 0 Å². The van der Waals surface area contributed by atoms with Gasteiger partial charge in [-0.2, -0.15) is 0 Å². The highest BCUT2D eigenvalue weighted by Gasteiger charge is 2.31. The maximum Gasteiger partial charge on any atom is 0.123 e. The van der Waals surface area contributed by atoms with Gasteiger partial charge in [0, 0.05) is 5.25 Å². The van der Waals surface area contributed by atoms with Crippen LogP contribution in [-0.4, -0.2) is 16.6 Å². The number of benzene rings is 1. The lowest BCUT2D eigenvalue weighted by Gasteiger charge is -2.33. The van der Waals surface area contributed by atoms with Crippen LogP contribution in [0.15, 0.2) is 24.3 Å². The first-order valence-corrected chi connectivity index (χ1v) is 7.03. The fraction of sp³-hybridized carbons (Fsp3) is 0.467. The standard InChI is InChI=1S/C15H17FOS/c1-3-15(2)10-4-5-14(18-15)11-17-13-8-6-12(16)7-9-13/h1,6-9,14H,4-5,10-11H2,2H3/t14-,15+/m0/s1. The van der Waals surface area contributed by atoms with Crippen LogP contribution in [0.5, 0.6) is 5.75 Å². The SMILES string of the molecule is C#C[C@]1(C)CCC[C@@H](COc2ccc(F)cc2)S1. The van der Waals surface area contributed by atoms with Gasteiger partial charge in [-0.1, -0.05) is 5.92 Å². The van der Waals surface area contributed by atoms with Crippen LogP contribution in [0.2, 0.25) is 0 Å². The molecule has 2 atom stereocenters. The molecule has 1 aliphatic heterocycles. The fourth-order valence-electron chi connectivity index (χ4n) is 2.10. The molecule has 1 aliphatic rings. The van der Waals surface area contributed by atoms with Gasteiger partial charge in [0.2, 0.25) is 0 Å². The zero-order chi connectivity index (χ0) is 13.0. The van der Waals surface area contributed by atoms with E-state index in [9.17, 15) is 4.39 Å². The topological polar surface area (TPSA) is 9.23 Å². The van der Waals surface area contributed by atoms with Crippen LogP contribution in [0.3, 0.4) is 0 Å². The first-order valence-electron chi connectivity index (χ1n) is 6.15. The molecule has 2 rings (SSSR count). The number of ether oxygens (including phenoxy) is 1. The number of hydrogen-bond donors (Lipinski definition) is 0. The van der Waals surface area contributed by atoms with Crippen molar-refractivity contribution < 1.29 is 9.13 Å². The van der Waals surface area contributed by atoms with Crippen LogP contribution in [0.1, 0.15) is 26.2 Å². The third kappa shape index (κ3) is 3.43. The van der Waals surface area contributed by atoms with Crippen molar-refractivity contribution in [3.8, 4) is 18.1 Å². The van der Waals surface area contributed by atoms with Gasteiger partial charge in [-0.05, 0) is 50.5 Å². The Balaban J connectivity index is 1.87. The molecule has 0 aromatic heterocycles. The van der Waals surface area contributed by atoms with E-state index in [2.05, 4.69) is 12.8 Å². The van der Waals surface area contributed by atoms with E-state index in [1.807, 2.05) is 11.8 Å². The van der Waals surface area contributed by atoms with Gasteiger partial charge in [0.25, 0.3) is 0 Å². The second kappa shape index (κ2) is 5.67. The molecule has 0 aliphatic carbocycles. The molecule has 1 heterocycles.